The van der Waals surface area contributed by atoms with Gasteiger partial charge in [0.2, 0.25) is 0 Å². The predicted molar refractivity (Wildman–Crippen MR) is 206 cm³/mol. The van der Waals surface area contributed by atoms with E-state index < -0.39 is 0 Å². The van der Waals surface area contributed by atoms with Crippen LogP contribution in [-0.4, -0.2) is 4.57 Å². The lowest BCUT2D eigenvalue weighted by Crippen LogP contribution is -1.93. The van der Waals surface area contributed by atoms with E-state index in [4.69, 9.17) is 0 Å². The van der Waals surface area contributed by atoms with Gasteiger partial charge in [0, 0.05) is 16.5 Å². The number of nitrogens with zero attached hydrogens (tertiary/aromatic N) is 2. The van der Waals surface area contributed by atoms with Crippen molar-refractivity contribution in [1.29, 1.82) is 5.26 Å². The van der Waals surface area contributed by atoms with Crippen molar-refractivity contribution in [2.24, 2.45) is 0 Å². The molecule has 10 aromatic rings. The van der Waals surface area contributed by atoms with Crippen LogP contribution in [0, 0.1) is 11.3 Å². The van der Waals surface area contributed by atoms with E-state index in [1.807, 2.05) is 18.2 Å². The first-order valence-corrected chi connectivity index (χ1v) is 16.7. The lowest BCUT2D eigenvalue weighted by Gasteiger charge is -2.17. The molecule has 2 nitrogen and oxygen atoms in total. The number of para-hydroxylation sites is 1. The average molecular weight is 621 g/mol. The molecule has 0 unspecified atom stereocenters. The summed E-state index contributed by atoms with van der Waals surface area (Å²) in [5, 5.41) is 22.0. The van der Waals surface area contributed by atoms with Crippen molar-refractivity contribution in [2.75, 3.05) is 0 Å². The number of aromatic nitrogens is 1. The Morgan fingerprint density at radius 2 is 0.939 bits per heavy atom. The molecular formula is C47H28N2. The Morgan fingerprint density at radius 3 is 1.67 bits per heavy atom. The van der Waals surface area contributed by atoms with Gasteiger partial charge in [0.15, 0.2) is 0 Å². The highest BCUT2D eigenvalue weighted by atomic mass is 15.0. The maximum Gasteiger partial charge on any atom is 0.0991 e. The second-order valence-corrected chi connectivity index (χ2v) is 12.8. The zero-order chi connectivity index (χ0) is 32.5. The van der Waals surface area contributed by atoms with Crippen LogP contribution >= 0.6 is 0 Å². The molecule has 0 fully saturated rings. The summed E-state index contributed by atoms with van der Waals surface area (Å²) < 4.78 is 2.30. The molecule has 2 heteroatoms. The number of nitriles is 1. The monoisotopic (exact) mass is 620 g/mol. The summed E-state index contributed by atoms with van der Waals surface area (Å²) in [6, 6.07) is 63.4. The predicted octanol–water partition coefficient (Wildman–Crippen LogP) is 12.6. The second-order valence-electron chi connectivity index (χ2n) is 12.8. The van der Waals surface area contributed by atoms with E-state index in [-0.39, 0.29) is 0 Å². The van der Waals surface area contributed by atoms with Crippen molar-refractivity contribution in [1.82, 2.24) is 4.57 Å². The molecule has 0 amide bonds. The fourth-order valence-corrected chi connectivity index (χ4v) is 7.99. The highest BCUT2D eigenvalue weighted by Crippen LogP contribution is 2.44. The summed E-state index contributed by atoms with van der Waals surface area (Å²) in [5.41, 5.74) is 8.83. The molecule has 49 heavy (non-hydrogen) atoms. The number of rotatable bonds is 3. The van der Waals surface area contributed by atoms with Crippen LogP contribution in [0.4, 0.5) is 0 Å². The molecule has 0 saturated heterocycles. The van der Waals surface area contributed by atoms with Gasteiger partial charge < -0.3 is 4.57 Å². The molecule has 0 radical (unpaired) electrons. The Bertz CT molecular complexity index is 2990. The van der Waals surface area contributed by atoms with Crippen molar-refractivity contribution < 1.29 is 0 Å². The van der Waals surface area contributed by atoms with E-state index in [2.05, 4.69) is 162 Å². The zero-order valence-corrected chi connectivity index (χ0v) is 26.6. The van der Waals surface area contributed by atoms with Crippen LogP contribution in [0.25, 0.3) is 92.8 Å². The zero-order valence-electron chi connectivity index (χ0n) is 26.6. The highest BCUT2D eigenvalue weighted by molar-refractivity contribution is 6.25. The maximum atomic E-state index is 9.82. The van der Waals surface area contributed by atoms with Gasteiger partial charge in [0.25, 0.3) is 0 Å². The minimum absolute atomic E-state index is 0.662. The van der Waals surface area contributed by atoms with E-state index in [1.54, 1.807) is 0 Å². The Hall–Kier alpha value is -6.69. The van der Waals surface area contributed by atoms with Gasteiger partial charge in [-0.25, -0.2) is 0 Å². The number of benzene rings is 9. The van der Waals surface area contributed by atoms with Crippen molar-refractivity contribution in [3.8, 4) is 34.0 Å². The van der Waals surface area contributed by atoms with Gasteiger partial charge in [-0.2, -0.15) is 5.26 Å². The van der Waals surface area contributed by atoms with E-state index in [9.17, 15) is 5.26 Å². The highest BCUT2D eigenvalue weighted by Gasteiger charge is 2.18. The van der Waals surface area contributed by atoms with Crippen LogP contribution in [0.1, 0.15) is 5.56 Å². The quantitative estimate of drug-likeness (QED) is 0.181. The molecule has 226 valence electrons. The summed E-state index contributed by atoms with van der Waals surface area (Å²) in [4.78, 5) is 0. The molecule has 0 saturated carbocycles. The van der Waals surface area contributed by atoms with Gasteiger partial charge in [-0.3, -0.25) is 0 Å². The van der Waals surface area contributed by atoms with Gasteiger partial charge >= 0.3 is 0 Å². The standard InChI is InChI=1S/C47H28N2/c48-29-30-21-23-46-44(25-30)45-26-32(22-24-47(45)49(46)33-13-2-1-3-14-33)40-27-42-39-19-9-8-18-38(39)41(28-43(42)37-17-7-6-16-36(37)40)35-20-10-12-31-11-4-5-15-34(31)35/h1-28H. The van der Waals surface area contributed by atoms with Gasteiger partial charge in [0.1, 0.15) is 0 Å². The number of hydrogen-bond acceptors (Lipinski definition) is 1. The van der Waals surface area contributed by atoms with Crippen LogP contribution in [0.5, 0.6) is 0 Å². The lowest BCUT2D eigenvalue weighted by atomic mass is 9.86. The maximum absolute atomic E-state index is 9.82. The van der Waals surface area contributed by atoms with E-state index in [1.165, 1.54) is 59.8 Å². The topological polar surface area (TPSA) is 28.7 Å². The summed E-state index contributed by atoms with van der Waals surface area (Å²) in [6.07, 6.45) is 0. The van der Waals surface area contributed by atoms with E-state index >= 15 is 0 Å². The fourth-order valence-electron chi connectivity index (χ4n) is 7.99. The molecule has 1 aromatic heterocycles. The molecule has 0 aliphatic carbocycles. The van der Waals surface area contributed by atoms with Crippen LogP contribution in [0.15, 0.2) is 170 Å². The summed E-state index contributed by atoms with van der Waals surface area (Å²) in [5.74, 6) is 0. The van der Waals surface area contributed by atoms with Crippen LogP contribution in [0.2, 0.25) is 0 Å². The molecule has 0 bridgehead atoms. The summed E-state index contributed by atoms with van der Waals surface area (Å²) in [6.45, 7) is 0. The number of fused-ring (bicyclic) bond motifs is 9. The molecule has 0 spiro atoms. The van der Waals surface area contributed by atoms with Crippen LogP contribution < -0.4 is 0 Å². The largest absolute Gasteiger partial charge is 0.309 e. The van der Waals surface area contributed by atoms with Gasteiger partial charge in [-0.05, 0) is 120 Å². The van der Waals surface area contributed by atoms with Crippen LogP contribution in [0.3, 0.4) is 0 Å². The molecule has 9 aromatic carbocycles. The molecule has 10 rings (SSSR count). The first kappa shape index (κ1) is 27.4. The van der Waals surface area contributed by atoms with E-state index in [0.29, 0.717) is 5.56 Å². The first-order valence-electron chi connectivity index (χ1n) is 16.7. The Labute approximate surface area is 283 Å². The van der Waals surface area contributed by atoms with Crippen molar-refractivity contribution in [3.63, 3.8) is 0 Å². The Morgan fingerprint density at radius 1 is 0.367 bits per heavy atom. The van der Waals surface area contributed by atoms with Crippen molar-refractivity contribution in [3.05, 3.63) is 175 Å². The summed E-state index contributed by atoms with van der Waals surface area (Å²) >= 11 is 0. The molecule has 1 heterocycles. The third-order valence-electron chi connectivity index (χ3n) is 10.2. The first-order chi connectivity index (χ1) is 24.3. The Balaban J connectivity index is 1.28. The minimum Gasteiger partial charge on any atom is -0.309 e. The van der Waals surface area contributed by atoms with Gasteiger partial charge in [-0.15, -0.1) is 0 Å². The normalized spacial score (nSPS) is 11.7. The molecule has 0 aliphatic rings. The second kappa shape index (κ2) is 10.7. The molecular weight excluding hydrogens is 593 g/mol. The molecule has 0 aliphatic heterocycles. The van der Waals surface area contributed by atoms with Gasteiger partial charge in [-0.1, -0.05) is 115 Å². The van der Waals surface area contributed by atoms with Gasteiger partial charge in [0.05, 0.1) is 22.7 Å². The van der Waals surface area contributed by atoms with E-state index in [0.717, 1.165) is 33.1 Å². The Kier molecular flexibility index (Phi) is 5.97. The fraction of sp³-hybridized carbons (Fsp3) is 0. The average Bonchev–Trinajstić information content (AvgIpc) is 3.50. The third-order valence-corrected chi connectivity index (χ3v) is 10.2. The molecule has 0 N–H and O–H groups in total. The smallest absolute Gasteiger partial charge is 0.0991 e. The SMILES string of the molecule is N#Cc1ccc2c(c1)c1cc(-c3cc4c5ccccc5c(-c5cccc6ccccc56)cc4c4ccccc34)ccc1n2-c1ccccc1. The minimum atomic E-state index is 0.662. The molecule has 0 atom stereocenters. The third kappa shape index (κ3) is 4.13. The van der Waals surface area contributed by atoms with Crippen LogP contribution in [-0.2, 0) is 0 Å². The van der Waals surface area contributed by atoms with Crippen molar-refractivity contribution in [2.45, 2.75) is 0 Å². The number of hydrogen-bond donors (Lipinski definition) is 0. The summed E-state index contributed by atoms with van der Waals surface area (Å²) in [7, 11) is 0. The lowest BCUT2D eigenvalue weighted by molar-refractivity contribution is 1.18. The van der Waals surface area contributed by atoms with Crippen molar-refractivity contribution >= 4 is 64.9 Å².